The zero-order valence-electron chi connectivity index (χ0n) is 18.1. The maximum atomic E-state index is 12.9. The van der Waals surface area contributed by atoms with Gasteiger partial charge in [0.2, 0.25) is 0 Å². The maximum Gasteiger partial charge on any atom is 0.254 e. The van der Waals surface area contributed by atoms with E-state index < -0.39 is 5.41 Å². The van der Waals surface area contributed by atoms with E-state index in [9.17, 15) is 4.79 Å². The number of halogens is 1. The van der Waals surface area contributed by atoms with E-state index in [2.05, 4.69) is 85.2 Å². The molecule has 0 atom stereocenters. The molecule has 0 radical (unpaired) electrons. The van der Waals surface area contributed by atoms with E-state index >= 15 is 0 Å². The van der Waals surface area contributed by atoms with Crippen molar-refractivity contribution in [1.82, 2.24) is 5.01 Å². The van der Waals surface area contributed by atoms with E-state index in [0.717, 1.165) is 35.0 Å². The summed E-state index contributed by atoms with van der Waals surface area (Å²) < 4.78 is 1.10. The lowest BCUT2D eigenvalue weighted by atomic mass is 9.84. The fraction of sp³-hybridized carbons (Fsp3) is 0.440. The monoisotopic (exact) mass is 454 g/mol. The highest BCUT2D eigenvalue weighted by molar-refractivity contribution is 9.10. The van der Waals surface area contributed by atoms with Crippen molar-refractivity contribution >= 4 is 27.5 Å². The molecule has 1 aliphatic rings. The average Bonchev–Trinajstić information content (AvgIpc) is 2.86. The molecule has 3 nitrogen and oxygen atoms in total. The Balaban J connectivity index is 1.64. The molecule has 0 spiro atoms. The van der Waals surface area contributed by atoms with Gasteiger partial charge in [-0.15, -0.1) is 0 Å². The number of rotatable bonds is 6. The molecule has 1 aliphatic heterocycles. The predicted octanol–water partition coefficient (Wildman–Crippen LogP) is 6.49. The molecule has 2 aromatic rings. The lowest BCUT2D eigenvalue weighted by Gasteiger charge is -2.21. The Bertz CT molecular complexity index is 890. The molecule has 0 bridgehead atoms. The topological polar surface area (TPSA) is 32.7 Å². The predicted molar refractivity (Wildman–Crippen MR) is 124 cm³/mol. The minimum atomic E-state index is -0.523. The summed E-state index contributed by atoms with van der Waals surface area (Å²) in [6.07, 6.45) is 2.82. The minimum absolute atomic E-state index is 0.0936. The molecule has 29 heavy (non-hydrogen) atoms. The number of benzene rings is 2. The number of hydrogen-bond donors (Lipinski definition) is 0. The van der Waals surface area contributed by atoms with E-state index in [-0.39, 0.29) is 11.3 Å². The first-order valence-electron chi connectivity index (χ1n) is 10.3. The molecule has 0 aromatic heterocycles. The molecule has 0 N–H and O–H groups in total. The van der Waals surface area contributed by atoms with Crippen molar-refractivity contribution in [3.8, 4) is 0 Å². The van der Waals surface area contributed by atoms with Crippen LogP contribution in [0.15, 0.2) is 58.1 Å². The molecular formula is C25H31BrN2O. The Kier molecular flexibility index (Phi) is 6.33. The Labute approximate surface area is 183 Å². The summed E-state index contributed by atoms with van der Waals surface area (Å²) in [6.45, 7) is 11.1. The van der Waals surface area contributed by atoms with Crippen LogP contribution in [-0.4, -0.2) is 16.6 Å². The van der Waals surface area contributed by atoms with E-state index in [1.54, 1.807) is 5.01 Å². The lowest BCUT2D eigenvalue weighted by Crippen LogP contribution is -2.34. The molecule has 0 aliphatic carbocycles. The van der Waals surface area contributed by atoms with Gasteiger partial charge in [0.1, 0.15) is 0 Å². The highest BCUT2D eigenvalue weighted by atomic mass is 79.9. The van der Waals surface area contributed by atoms with Crippen molar-refractivity contribution in [3.05, 3.63) is 69.7 Å². The fourth-order valence-corrected chi connectivity index (χ4v) is 3.89. The third-order valence-corrected chi connectivity index (χ3v) is 6.21. The fourth-order valence-electron chi connectivity index (χ4n) is 3.63. The van der Waals surface area contributed by atoms with Crippen molar-refractivity contribution < 1.29 is 4.79 Å². The summed E-state index contributed by atoms with van der Waals surface area (Å²) in [5, 5.41) is 6.38. The van der Waals surface area contributed by atoms with Gasteiger partial charge in [0, 0.05) is 4.47 Å². The first-order valence-corrected chi connectivity index (χ1v) is 11.1. The Hall–Kier alpha value is -1.94. The van der Waals surface area contributed by atoms with Gasteiger partial charge in [-0.1, -0.05) is 73.1 Å². The van der Waals surface area contributed by atoms with Crippen molar-refractivity contribution in [2.75, 3.05) is 0 Å². The second-order valence-corrected chi connectivity index (χ2v) is 10.4. The molecule has 3 rings (SSSR count). The Morgan fingerprint density at radius 2 is 1.52 bits per heavy atom. The number of nitrogens with zero attached hydrogens (tertiary/aromatic N) is 2. The van der Waals surface area contributed by atoms with Crippen LogP contribution in [0.5, 0.6) is 0 Å². The summed E-state index contributed by atoms with van der Waals surface area (Å²) in [5.41, 5.74) is 4.32. The number of hydrogen-bond acceptors (Lipinski definition) is 2. The van der Waals surface area contributed by atoms with Gasteiger partial charge < -0.3 is 0 Å². The van der Waals surface area contributed by atoms with Crippen LogP contribution in [-0.2, 0) is 23.2 Å². The van der Waals surface area contributed by atoms with Crippen LogP contribution >= 0.6 is 15.9 Å². The zero-order chi connectivity index (χ0) is 21.2. The molecule has 154 valence electrons. The molecule has 0 saturated heterocycles. The number of carbonyl (C=O) groups excluding carboxylic acids is 1. The number of aryl methyl sites for hydroxylation is 1. The SMILES string of the molecule is CC1(C)C(=O)N(Cc2ccc(C(C)(C)C)cc2)N=C1CCCc1ccc(Br)cc1. The van der Waals surface area contributed by atoms with E-state index in [0.29, 0.717) is 6.54 Å². The second-order valence-electron chi connectivity index (χ2n) is 9.46. The maximum absolute atomic E-state index is 12.9. The van der Waals surface area contributed by atoms with Gasteiger partial charge >= 0.3 is 0 Å². The van der Waals surface area contributed by atoms with Crippen molar-refractivity contribution in [3.63, 3.8) is 0 Å². The van der Waals surface area contributed by atoms with Gasteiger partial charge in [0.15, 0.2) is 0 Å². The van der Waals surface area contributed by atoms with Crippen molar-refractivity contribution in [2.45, 2.75) is 65.8 Å². The number of hydrazone groups is 1. The van der Waals surface area contributed by atoms with Gasteiger partial charge in [0.25, 0.3) is 5.91 Å². The summed E-state index contributed by atoms with van der Waals surface area (Å²) in [4.78, 5) is 12.9. The highest BCUT2D eigenvalue weighted by Gasteiger charge is 2.42. The highest BCUT2D eigenvalue weighted by Crippen LogP contribution is 2.32. The van der Waals surface area contributed by atoms with Crippen LogP contribution in [0.3, 0.4) is 0 Å². The van der Waals surface area contributed by atoms with Gasteiger partial charge in [0.05, 0.1) is 17.7 Å². The standard InChI is InChI=1S/C25H31BrN2O/c1-24(2,3)20-13-9-19(10-14-20)17-28-23(29)25(4,5)22(27-28)8-6-7-18-11-15-21(26)16-12-18/h9-16H,6-8,17H2,1-5H3. The van der Waals surface area contributed by atoms with Crippen LogP contribution in [0.1, 0.15) is 64.2 Å². The van der Waals surface area contributed by atoms with Gasteiger partial charge in [-0.2, -0.15) is 5.10 Å². The number of carbonyl (C=O) groups is 1. The Morgan fingerprint density at radius 3 is 2.10 bits per heavy atom. The first-order chi connectivity index (χ1) is 13.6. The summed E-state index contributed by atoms with van der Waals surface area (Å²) in [6, 6.07) is 17.0. The molecule has 1 amide bonds. The molecule has 2 aromatic carbocycles. The van der Waals surface area contributed by atoms with Gasteiger partial charge in [-0.25, -0.2) is 5.01 Å². The van der Waals surface area contributed by atoms with E-state index in [4.69, 9.17) is 5.10 Å². The molecule has 0 fully saturated rings. The van der Waals surface area contributed by atoms with Gasteiger partial charge in [-0.3, -0.25) is 4.79 Å². The van der Waals surface area contributed by atoms with Crippen LogP contribution in [0.4, 0.5) is 0 Å². The largest absolute Gasteiger partial charge is 0.272 e. The normalized spacial score (nSPS) is 16.3. The average molecular weight is 455 g/mol. The quantitative estimate of drug-likeness (QED) is 0.490. The van der Waals surface area contributed by atoms with E-state index in [1.165, 1.54) is 11.1 Å². The Morgan fingerprint density at radius 1 is 0.931 bits per heavy atom. The van der Waals surface area contributed by atoms with Crippen molar-refractivity contribution in [1.29, 1.82) is 0 Å². The van der Waals surface area contributed by atoms with Crippen LogP contribution < -0.4 is 0 Å². The zero-order valence-corrected chi connectivity index (χ0v) is 19.7. The molecule has 0 saturated carbocycles. The van der Waals surface area contributed by atoms with Crippen LogP contribution in [0, 0.1) is 5.41 Å². The first kappa shape index (κ1) is 21.8. The minimum Gasteiger partial charge on any atom is -0.272 e. The molecule has 4 heteroatoms. The van der Waals surface area contributed by atoms with Crippen LogP contribution in [0.25, 0.3) is 0 Å². The van der Waals surface area contributed by atoms with Gasteiger partial charge in [-0.05, 0) is 67.3 Å². The van der Waals surface area contributed by atoms with E-state index in [1.807, 2.05) is 13.8 Å². The third-order valence-electron chi connectivity index (χ3n) is 5.68. The van der Waals surface area contributed by atoms with Crippen molar-refractivity contribution in [2.24, 2.45) is 10.5 Å². The van der Waals surface area contributed by atoms with Crippen LogP contribution in [0.2, 0.25) is 0 Å². The second kappa shape index (κ2) is 8.43. The molecule has 0 unspecified atom stereocenters. The smallest absolute Gasteiger partial charge is 0.254 e. The third kappa shape index (κ3) is 5.16. The summed E-state index contributed by atoms with van der Waals surface area (Å²) in [7, 11) is 0. The molecule has 1 heterocycles. The summed E-state index contributed by atoms with van der Waals surface area (Å²) >= 11 is 3.47. The molecular weight excluding hydrogens is 424 g/mol. The summed E-state index contributed by atoms with van der Waals surface area (Å²) in [5.74, 6) is 0.0936. The number of amides is 1. The lowest BCUT2D eigenvalue weighted by molar-refractivity contribution is -0.135.